The third kappa shape index (κ3) is 2.43. The molecule has 2 aromatic rings. The van der Waals surface area contributed by atoms with Crippen LogP contribution in [0, 0.1) is 5.82 Å². The van der Waals surface area contributed by atoms with Gasteiger partial charge in [-0.2, -0.15) is 0 Å². The molecule has 106 valence electrons. The molecule has 20 heavy (non-hydrogen) atoms. The molecule has 0 radical (unpaired) electrons. The second-order valence-corrected chi connectivity index (χ2v) is 6.52. The van der Waals surface area contributed by atoms with Crippen molar-refractivity contribution in [2.24, 2.45) is 5.73 Å². The molecule has 0 saturated heterocycles. The number of nitrogens with two attached hydrogens (primary N) is 1. The van der Waals surface area contributed by atoms with E-state index >= 15 is 0 Å². The molecule has 0 bridgehead atoms. The Labute approximate surface area is 121 Å². The Bertz CT molecular complexity index is 646. The smallest absolute Gasteiger partial charge is 0.261 e. The maximum atomic E-state index is 13.2. The minimum atomic E-state index is -0.281. The average Bonchev–Trinajstić information content (AvgIpc) is 3.05. The molecule has 3 nitrogen and oxygen atoms in total. The summed E-state index contributed by atoms with van der Waals surface area (Å²) in [4.78, 5) is 13.0. The third-order valence-electron chi connectivity index (χ3n) is 4.03. The standard InChI is InChI=1S/C15H17FN2OS/c16-11-3-4-12-10(7-11)8-13(20-12)14(19)18-15(9-17)5-1-2-6-15/h3-4,7-8H,1-2,5-6,9,17H2,(H,18,19). The van der Waals surface area contributed by atoms with Crippen LogP contribution in [0.5, 0.6) is 0 Å². The molecule has 0 unspecified atom stereocenters. The van der Waals surface area contributed by atoms with Crippen LogP contribution in [0.4, 0.5) is 4.39 Å². The SMILES string of the molecule is NCC1(NC(=O)c2cc3cc(F)ccc3s2)CCCC1. The Kier molecular flexibility index (Phi) is 3.48. The molecule has 1 fully saturated rings. The van der Waals surface area contributed by atoms with Gasteiger partial charge < -0.3 is 11.1 Å². The molecule has 3 N–H and O–H groups in total. The molecule has 3 rings (SSSR count). The fourth-order valence-electron chi connectivity index (χ4n) is 2.86. The van der Waals surface area contributed by atoms with Gasteiger partial charge in [0, 0.05) is 11.2 Å². The van der Waals surface area contributed by atoms with E-state index in [0.717, 1.165) is 35.8 Å². The molecule has 0 atom stereocenters. The molecule has 0 spiro atoms. The van der Waals surface area contributed by atoms with Crippen LogP contribution in [0.2, 0.25) is 0 Å². The molecule has 1 aliphatic carbocycles. The maximum Gasteiger partial charge on any atom is 0.261 e. The van der Waals surface area contributed by atoms with Crippen molar-refractivity contribution < 1.29 is 9.18 Å². The summed E-state index contributed by atoms with van der Waals surface area (Å²) in [7, 11) is 0. The van der Waals surface area contributed by atoms with Crippen LogP contribution >= 0.6 is 11.3 Å². The summed E-state index contributed by atoms with van der Waals surface area (Å²) in [6, 6.07) is 6.33. The number of rotatable bonds is 3. The van der Waals surface area contributed by atoms with Gasteiger partial charge in [0.25, 0.3) is 5.91 Å². The first-order valence-corrected chi connectivity index (χ1v) is 7.65. The van der Waals surface area contributed by atoms with Crippen LogP contribution in [0.15, 0.2) is 24.3 Å². The second-order valence-electron chi connectivity index (χ2n) is 5.44. The number of benzene rings is 1. The first-order chi connectivity index (χ1) is 9.62. The lowest BCUT2D eigenvalue weighted by atomic mass is 9.98. The Balaban J connectivity index is 1.85. The summed E-state index contributed by atoms with van der Waals surface area (Å²) in [5.41, 5.74) is 5.58. The topological polar surface area (TPSA) is 55.1 Å². The highest BCUT2D eigenvalue weighted by molar-refractivity contribution is 7.20. The van der Waals surface area contributed by atoms with Crippen molar-refractivity contribution in [2.75, 3.05) is 6.54 Å². The van der Waals surface area contributed by atoms with Crippen molar-refractivity contribution in [3.63, 3.8) is 0 Å². The second kappa shape index (κ2) is 5.14. The number of hydrogen-bond donors (Lipinski definition) is 2. The fourth-order valence-corrected chi connectivity index (χ4v) is 3.80. The lowest BCUT2D eigenvalue weighted by Gasteiger charge is -2.28. The van der Waals surface area contributed by atoms with E-state index in [1.54, 1.807) is 12.1 Å². The van der Waals surface area contributed by atoms with Crippen LogP contribution in [-0.4, -0.2) is 18.0 Å². The van der Waals surface area contributed by atoms with Crippen molar-refractivity contribution in [2.45, 2.75) is 31.2 Å². The van der Waals surface area contributed by atoms with Crippen LogP contribution in [-0.2, 0) is 0 Å². The highest BCUT2D eigenvalue weighted by Gasteiger charge is 2.34. The summed E-state index contributed by atoms with van der Waals surface area (Å²) < 4.78 is 14.1. The summed E-state index contributed by atoms with van der Waals surface area (Å²) in [5.74, 6) is -0.379. The Morgan fingerprint density at radius 3 is 2.80 bits per heavy atom. The maximum absolute atomic E-state index is 13.2. The van der Waals surface area contributed by atoms with Crippen LogP contribution in [0.3, 0.4) is 0 Å². The van der Waals surface area contributed by atoms with Crippen molar-refractivity contribution in [1.82, 2.24) is 5.32 Å². The summed E-state index contributed by atoms with van der Waals surface area (Å²) in [6.45, 7) is 0.470. The predicted molar refractivity (Wildman–Crippen MR) is 79.5 cm³/mol. The van der Waals surface area contributed by atoms with E-state index in [1.807, 2.05) is 0 Å². The van der Waals surface area contributed by atoms with Gasteiger partial charge in [0.2, 0.25) is 0 Å². The molecule has 0 aliphatic heterocycles. The van der Waals surface area contributed by atoms with Gasteiger partial charge in [-0.25, -0.2) is 4.39 Å². The predicted octanol–water partition coefficient (Wildman–Crippen LogP) is 3.04. The minimum Gasteiger partial charge on any atom is -0.345 e. The van der Waals surface area contributed by atoms with Gasteiger partial charge in [-0.15, -0.1) is 11.3 Å². The third-order valence-corrected chi connectivity index (χ3v) is 5.15. The number of nitrogens with one attached hydrogen (secondary N) is 1. The molecule has 1 amide bonds. The number of fused-ring (bicyclic) bond motifs is 1. The highest BCUT2D eigenvalue weighted by Crippen LogP contribution is 2.31. The summed E-state index contributed by atoms with van der Waals surface area (Å²) in [6.07, 6.45) is 4.09. The molecular formula is C15H17FN2OS. The van der Waals surface area contributed by atoms with Gasteiger partial charge in [0.05, 0.1) is 10.4 Å². The van der Waals surface area contributed by atoms with Gasteiger partial charge in [0.15, 0.2) is 0 Å². The average molecular weight is 292 g/mol. The van der Waals surface area contributed by atoms with E-state index in [2.05, 4.69) is 5.32 Å². The zero-order valence-electron chi connectivity index (χ0n) is 11.1. The molecule has 1 aromatic heterocycles. The molecule has 1 heterocycles. The van der Waals surface area contributed by atoms with Gasteiger partial charge in [0.1, 0.15) is 5.82 Å². The van der Waals surface area contributed by atoms with E-state index < -0.39 is 0 Å². The largest absolute Gasteiger partial charge is 0.345 e. The number of carbonyl (C=O) groups excluding carboxylic acids is 1. The molecular weight excluding hydrogens is 275 g/mol. The van der Waals surface area contributed by atoms with Crippen LogP contribution in [0.25, 0.3) is 10.1 Å². The first-order valence-electron chi connectivity index (χ1n) is 6.84. The van der Waals surface area contributed by atoms with Gasteiger partial charge >= 0.3 is 0 Å². The number of thiophene rings is 1. The number of hydrogen-bond acceptors (Lipinski definition) is 3. The first kappa shape index (κ1) is 13.5. The number of amides is 1. The monoisotopic (exact) mass is 292 g/mol. The quantitative estimate of drug-likeness (QED) is 0.913. The lowest BCUT2D eigenvalue weighted by molar-refractivity contribution is 0.0907. The molecule has 5 heteroatoms. The summed E-state index contributed by atoms with van der Waals surface area (Å²) in [5, 5.41) is 3.86. The van der Waals surface area contributed by atoms with E-state index in [4.69, 9.17) is 5.73 Å². The Morgan fingerprint density at radius 1 is 1.35 bits per heavy atom. The van der Waals surface area contributed by atoms with E-state index in [0.29, 0.717) is 11.4 Å². The van der Waals surface area contributed by atoms with Crippen molar-refractivity contribution in [3.8, 4) is 0 Å². The Hall–Kier alpha value is -1.46. The van der Waals surface area contributed by atoms with Crippen molar-refractivity contribution >= 4 is 27.3 Å². The number of halogens is 1. The van der Waals surface area contributed by atoms with Gasteiger partial charge in [-0.3, -0.25) is 4.79 Å². The zero-order valence-corrected chi connectivity index (χ0v) is 11.9. The summed E-state index contributed by atoms with van der Waals surface area (Å²) >= 11 is 1.39. The van der Waals surface area contributed by atoms with Gasteiger partial charge in [-0.05, 0) is 42.5 Å². The molecule has 1 aromatic carbocycles. The van der Waals surface area contributed by atoms with E-state index in [1.165, 1.54) is 23.5 Å². The Morgan fingerprint density at radius 2 is 2.10 bits per heavy atom. The van der Waals surface area contributed by atoms with Crippen molar-refractivity contribution in [3.05, 3.63) is 35.0 Å². The fraction of sp³-hybridized carbons (Fsp3) is 0.400. The lowest BCUT2D eigenvalue weighted by Crippen LogP contribution is -2.51. The zero-order chi connectivity index (χ0) is 14.2. The van der Waals surface area contributed by atoms with E-state index in [9.17, 15) is 9.18 Å². The van der Waals surface area contributed by atoms with Crippen LogP contribution in [0.1, 0.15) is 35.4 Å². The van der Waals surface area contributed by atoms with Crippen molar-refractivity contribution in [1.29, 1.82) is 0 Å². The molecule has 1 aliphatic rings. The normalized spacial score (nSPS) is 17.5. The van der Waals surface area contributed by atoms with Gasteiger partial charge in [-0.1, -0.05) is 12.8 Å². The molecule has 1 saturated carbocycles. The van der Waals surface area contributed by atoms with E-state index in [-0.39, 0.29) is 17.3 Å². The van der Waals surface area contributed by atoms with Crippen LogP contribution < -0.4 is 11.1 Å². The number of carbonyl (C=O) groups is 1. The minimum absolute atomic E-state index is 0.0982. The highest BCUT2D eigenvalue weighted by atomic mass is 32.1.